The number of hydrogen-bond acceptors (Lipinski definition) is 6. The summed E-state index contributed by atoms with van der Waals surface area (Å²) in [4.78, 5) is 23.6. The Bertz CT molecular complexity index is 1240. The number of aromatic nitrogens is 4. The first-order valence-electron chi connectivity index (χ1n) is 12.1. The second kappa shape index (κ2) is 10.7. The molecule has 1 fully saturated rings. The number of hydrogen-bond donors (Lipinski definition) is 1. The normalized spacial score (nSPS) is 14.8. The summed E-state index contributed by atoms with van der Waals surface area (Å²) < 4.78 is 7.52. The zero-order valence-corrected chi connectivity index (χ0v) is 19.9. The molecule has 5 rings (SSSR count). The summed E-state index contributed by atoms with van der Waals surface area (Å²) in [5, 5.41) is 7.26. The van der Waals surface area contributed by atoms with E-state index < -0.39 is 0 Å². The van der Waals surface area contributed by atoms with Gasteiger partial charge in [-0.05, 0) is 49.5 Å². The van der Waals surface area contributed by atoms with Crippen LogP contribution >= 0.6 is 0 Å². The van der Waals surface area contributed by atoms with E-state index in [1.807, 2.05) is 48.3 Å². The summed E-state index contributed by atoms with van der Waals surface area (Å²) in [6.07, 6.45) is 7.19. The Labute approximate surface area is 205 Å². The molecular formula is C27H30N6O2. The summed E-state index contributed by atoms with van der Waals surface area (Å²) in [6.45, 7) is 5.67. The Morgan fingerprint density at radius 3 is 2.57 bits per heavy atom. The fourth-order valence-electron chi connectivity index (χ4n) is 4.48. The van der Waals surface area contributed by atoms with Gasteiger partial charge in [0.05, 0.1) is 12.9 Å². The smallest absolute Gasteiger partial charge is 0.241 e. The molecule has 8 heteroatoms. The van der Waals surface area contributed by atoms with E-state index in [1.54, 1.807) is 6.20 Å². The van der Waals surface area contributed by atoms with E-state index in [-0.39, 0.29) is 11.8 Å². The van der Waals surface area contributed by atoms with Crippen LogP contribution in [0.4, 0.5) is 0 Å². The average Bonchev–Trinajstić information content (AvgIpc) is 3.57. The van der Waals surface area contributed by atoms with E-state index in [2.05, 4.69) is 49.6 Å². The highest BCUT2D eigenvalue weighted by molar-refractivity contribution is 5.78. The Balaban J connectivity index is 1.06. The molecule has 1 N–H and O–H groups in total. The van der Waals surface area contributed by atoms with E-state index in [0.717, 1.165) is 49.2 Å². The van der Waals surface area contributed by atoms with Gasteiger partial charge in [0.25, 0.3) is 0 Å². The number of amides is 1. The topological polar surface area (TPSA) is 89.1 Å². The van der Waals surface area contributed by atoms with Gasteiger partial charge in [-0.1, -0.05) is 53.7 Å². The molecule has 1 aliphatic rings. The number of nitrogens with zero attached hydrogens (tertiary/aromatic N) is 5. The van der Waals surface area contributed by atoms with Crippen molar-refractivity contribution < 1.29 is 9.32 Å². The summed E-state index contributed by atoms with van der Waals surface area (Å²) >= 11 is 0. The van der Waals surface area contributed by atoms with E-state index in [0.29, 0.717) is 24.8 Å². The molecule has 3 heterocycles. The van der Waals surface area contributed by atoms with Gasteiger partial charge in [0.2, 0.25) is 17.6 Å². The number of likely N-dealkylation sites (tertiary alicyclic amines) is 1. The second-order valence-electron chi connectivity index (χ2n) is 9.15. The van der Waals surface area contributed by atoms with Crippen LogP contribution in [0.5, 0.6) is 0 Å². The molecule has 4 aromatic rings. The third-order valence-corrected chi connectivity index (χ3v) is 6.59. The molecule has 35 heavy (non-hydrogen) atoms. The highest BCUT2D eigenvalue weighted by Gasteiger charge is 2.26. The minimum Gasteiger partial charge on any atom is -0.352 e. The van der Waals surface area contributed by atoms with Crippen LogP contribution in [0.2, 0.25) is 0 Å². The fourth-order valence-corrected chi connectivity index (χ4v) is 4.48. The number of nitrogens with one attached hydrogen (secondary N) is 1. The zero-order valence-electron chi connectivity index (χ0n) is 19.9. The van der Waals surface area contributed by atoms with Crippen LogP contribution < -0.4 is 5.32 Å². The van der Waals surface area contributed by atoms with Crippen LogP contribution in [0.3, 0.4) is 0 Å². The maximum absolute atomic E-state index is 12.7. The first-order chi connectivity index (χ1) is 17.1. The molecule has 0 radical (unpaired) electrons. The highest BCUT2D eigenvalue weighted by Crippen LogP contribution is 2.22. The van der Waals surface area contributed by atoms with Gasteiger partial charge in [-0.3, -0.25) is 9.69 Å². The molecule has 0 unspecified atom stereocenters. The van der Waals surface area contributed by atoms with Gasteiger partial charge in [0.15, 0.2) is 0 Å². The van der Waals surface area contributed by atoms with Crippen LogP contribution in [0, 0.1) is 12.8 Å². The Hall–Kier alpha value is -3.78. The van der Waals surface area contributed by atoms with Crippen molar-refractivity contribution in [3.63, 3.8) is 0 Å². The SMILES string of the molecule is Cc1ccccc1-c1noc(CN2CCC(C(=O)NCc3ccc(Cn4ccnc4)cc3)CC2)n1. The van der Waals surface area contributed by atoms with Gasteiger partial charge < -0.3 is 14.4 Å². The number of piperidine rings is 1. The molecule has 0 spiro atoms. The lowest BCUT2D eigenvalue weighted by atomic mass is 9.96. The second-order valence-corrected chi connectivity index (χ2v) is 9.15. The van der Waals surface area contributed by atoms with Gasteiger partial charge in [-0.2, -0.15) is 4.98 Å². The van der Waals surface area contributed by atoms with Crippen LogP contribution in [-0.2, 0) is 24.4 Å². The summed E-state index contributed by atoms with van der Waals surface area (Å²) in [5.41, 5.74) is 4.42. The van der Waals surface area contributed by atoms with E-state index in [4.69, 9.17) is 4.52 Å². The van der Waals surface area contributed by atoms with E-state index in [1.165, 1.54) is 5.56 Å². The number of carbonyl (C=O) groups excluding carboxylic acids is 1. The number of carbonyl (C=O) groups is 1. The minimum absolute atomic E-state index is 0.0389. The summed E-state index contributed by atoms with van der Waals surface area (Å²) in [7, 11) is 0. The third-order valence-electron chi connectivity index (χ3n) is 6.59. The molecule has 1 saturated heterocycles. The lowest BCUT2D eigenvalue weighted by Gasteiger charge is -2.30. The summed E-state index contributed by atoms with van der Waals surface area (Å²) in [5.74, 6) is 1.41. The predicted molar refractivity (Wildman–Crippen MR) is 132 cm³/mol. The van der Waals surface area contributed by atoms with Crippen molar-refractivity contribution in [3.05, 3.63) is 89.8 Å². The predicted octanol–water partition coefficient (Wildman–Crippen LogP) is 3.82. The molecule has 2 aromatic carbocycles. The van der Waals surface area contributed by atoms with Gasteiger partial charge in [-0.25, -0.2) is 4.98 Å². The van der Waals surface area contributed by atoms with Crippen molar-refractivity contribution in [1.29, 1.82) is 0 Å². The van der Waals surface area contributed by atoms with Crippen molar-refractivity contribution in [1.82, 2.24) is 29.9 Å². The standard InChI is InChI=1S/C27H30N6O2/c1-20-4-2-3-5-24(20)26-30-25(35-31-26)18-32-13-10-23(11-14-32)27(34)29-16-21-6-8-22(9-7-21)17-33-15-12-28-19-33/h2-9,12,15,19,23H,10-11,13-14,16-18H2,1H3,(H,29,34). The lowest BCUT2D eigenvalue weighted by molar-refractivity contribution is -0.126. The molecule has 1 aliphatic heterocycles. The van der Waals surface area contributed by atoms with Crippen molar-refractivity contribution in [2.45, 2.75) is 39.4 Å². The van der Waals surface area contributed by atoms with Gasteiger partial charge in [0.1, 0.15) is 0 Å². The molecule has 8 nitrogen and oxygen atoms in total. The molecule has 2 aromatic heterocycles. The quantitative estimate of drug-likeness (QED) is 0.421. The number of rotatable bonds is 8. The molecule has 0 bridgehead atoms. The molecular weight excluding hydrogens is 440 g/mol. The van der Waals surface area contributed by atoms with Gasteiger partial charge in [0, 0.05) is 37.0 Å². The van der Waals surface area contributed by atoms with E-state index in [9.17, 15) is 4.79 Å². The Morgan fingerprint density at radius 2 is 1.83 bits per heavy atom. The minimum atomic E-state index is 0.0389. The summed E-state index contributed by atoms with van der Waals surface area (Å²) in [6, 6.07) is 16.4. The van der Waals surface area contributed by atoms with Crippen LogP contribution in [0.1, 0.15) is 35.4 Å². The van der Waals surface area contributed by atoms with Crippen LogP contribution in [0.25, 0.3) is 11.4 Å². The van der Waals surface area contributed by atoms with Crippen molar-refractivity contribution in [3.8, 4) is 11.4 Å². The number of imidazole rings is 1. The highest BCUT2D eigenvalue weighted by atomic mass is 16.5. The number of benzene rings is 2. The van der Waals surface area contributed by atoms with Gasteiger partial charge >= 0.3 is 0 Å². The van der Waals surface area contributed by atoms with Gasteiger partial charge in [-0.15, -0.1) is 0 Å². The van der Waals surface area contributed by atoms with E-state index >= 15 is 0 Å². The number of aryl methyl sites for hydroxylation is 1. The fraction of sp³-hybridized carbons (Fsp3) is 0.333. The molecule has 0 aliphatic carbocycles. The monoisotopic (exact) mass is 470 g/mol. The molecule has 0 atom stereocenters. The maximum atomic E-state index is 12.7. The zero-order chi connectivity index (χ0) is 24.0. The molecule has 1 amide bonds. The van der Waals surface area contributed by atoms with Crippen molar-refractivity contribution in [2.75, 3.05) is 13.1 Å². The molecule has 180 valence electrons. The first kappa shape index (κ1) is 23.0. The maximum Gasteiger partial charge on any atom is 0.241 e. The largest absolute Gasteiger partial charge is 0.352 e. The van der Waals surface area contributed by atoms with Crippen molar-refractivity contribution in [2.24, 2.45) is 5.92 Å². The Kier molecular flexibility index (Phi) is 6.99. The molecule has 0 saturated carbocycles. The van der Waals surface area contributed by atoms with Crippen LogP contribution in [-0.4, -0.2) is 43.6 Å². The Morgan fingerprint density at radius 1 is 1.06 bits per heavy atom. The van der Waals surface area contributed by atoms with Crippen LogP contribution in [0.15, 0.2) is 71.8 Å². The third kappa shape index (κ3) is 5.84. The first-order valence-corrected chi connectivity index (χ1v) is 12.1. The lowest BCUT2D eigenvalue weighted by Crippen LogP contribution is -2.40. The van der Waals surface area contributed by atoms with Crippen molar-refractivity contribution >= 4 is 5.91 Å². The average molecular weight is 471 g/mol.